The average Bonchev–Trinajstić information content (AvgIpc) is 2.76. The summed E-state index contributed by atoms with van der Waals surface area (Å²) in [4.78, 5) is 0. The number of nitrogens with zero attached hydrogens (tertiary/aromatic N) is 1. The van der Waals surface area contributed by atoms with Crippen LogP contribution in [0.3, 0.4) is 0 Å². The highest BCUT2D eigenvalue weighted by atomic mass is 19.4. The molecule has 3 rings (SSSR count). The molecule has 0 heterocycles. The third-order valence-electron chi connectivity index (χ3n) is 6.96. The fourth-order valence-electron chi connectivity index (χ4n) is 5.04. The molecular weight excluding hydrogens is 383 g/mol. The third-order valence-corrected chi connectivity index (χ3v) is 6.96. The molecule has 2 aliphatic rings. The zero-order valence-electron chi connectivity index (χ0n) is 17.6. The normalized spacial score (nSPS) is 28.1. The van der Waals surface area contributed by atoms with Crippen molar-refractivity contribution in [3.8, 4) is 6.07 Å². The summed E-state index contributed by atoms with van der Waals surface area (Å²) in [7, 11) is 0. The quantitative estimate of drug-likeness (QED) is 0.339. The largest absolute Gasteiger partial charge is 0.416 e. The monoisotopic (exact) mass is 415 g/mol. The molecule has 0 bridgehead atoms. The van der Waals surface area contributed by atoms with Crippen molar-refractivity contribution in [3.63, 3.8) is 0 Å². The zero-order chi connectivity index (χ0) is 21.4. The number of rotatable bonds is 6. The fraction of sp³-hybridized carbons (Fsp3) is 0.577. The minimum absolute atomic E-state index is 0.391. The van der Waals surface area contributed by atoms with Crippen molar-refractivity contribution in [1.29, 1.82) is 5.26 Å². The molecule has 1 nitrogen and oxygen atoms in total. The summed E-state index contributed by atoms with van der Waals surface area (Å²) < 4.78 is 38.2. The van der Waals surface area contributed by atoms with E-state index in [-0.39, 0.29) is 0 Å². The number of hydrogen-bond acceptors (Lipinski definition) is 1. The predicted octanol–water partition coefficient (Wildman–Crippen LogP) is 8.20. The van der Waals surface area contributed by atoms with Crippen molar-refractivity contribution in [1.82, 2.24) is 0 Å². The second kappa shape index (κ2) is 10.8. The van der Waals surface area contributed by atoms with Crippen LogP contribution in [0.4, 0.5) is 13.2 Å². The lowest BCUT2D eigenvalue weighted by Gasteiger charge is -2.29. The molecule has 2 saturated carbocycles. The lowest BCUT2D eigenvalue weighted by molar-refractivity contribution is -0.137. The van der Waals surface area contributed by atoms with E-state index >= 15 is 0 Å². The molecule has 0 amide bonds. The molecule has 0 radical (unpaired) electrons. The van der Waals surface area contributed by atoms with Crippen molar-refractivity contribution in [3.05, 3.63) is 59.7 Å². The highest BCUT2D eigenvalue weighted by Crippen LogP contribution is 2.38. The van der Waals surface area contributed by atoms with Gasteiger partial charge in [-0.1, -0.05) is 30.4 Å². The zero-order valence-corrected chi connectivity index (χ0v) is 17.6. The SMILES string of the molecule is N#CC=CCC[C@H]1CC[C@H](/C=C/[C@H]2CC[C@H](c3ccc(C(F)(F)F)cc3)CC2)CC1. The molecule has 0 spiro atoms. The molecule has 0 aromatic heterocycles. The van der Waals surface area contributed by atoms with E-state index in [1.54, 1.807) is 18.2 Å². The van der Waals surface area contributed by atoms with Gasteiger partial charge in [0.2, 0.25) is 0 Å². The van der Waals surface area contributed by atoms with Crippen LogP contribution in [0.15, 0.2) is 48.6 Å². The van der Waals surface area contributed by atoms with Crippen molar-refractivity contribution in [2.24, 2.45) is 17.8 Å². The Morgan fingerprint density at radius 2 is 1.43 bits per heavy atom. The molecule has 1 aromatic rings. The smallest absolute Gasteiger partial charge is 0.193 e. The highest BCUT2D eigenvalue weighted by molar-refractivity contribution is 5.27. The number of benzene rings is 1. The fourth-order valence-corrected chi connectivity index (χ4v) is 5.04. The van der Waals surface area contributed by atoms with Gasteiger partial charge in [0.05, 0.1) is 11.6 Å². The number of alkyl halides is 3. The topological polar surface area (TPSA) is 23.8 Å². The molecule has 0 aliphatic heterocycles. The minimum atomic E-state index is -4.26. The summed E-state index contributed by atoms with van der Waals surface area (Å²) >= 11 is 0. The first kappa shape index (κ1) is 22.7. The first-order valence-corrected chi connectivity index (χ1v) is 11.4. The molecule has 0 N–H and O–H groups in total. The number of allylic oxidation sites excluding steroid dienone is 4. The summed E-state index contributed by atoms with van der Waals surface area (Å²) in [6.45, 7) is 0. The maximum atomic E-state index is 12.7. The van der Waals surface area contributed by atoms with E-state index < -0.39 is 11.7 Å². The van der Waals surface area contributed by atoms with E-state index in [1.165, 1.54) is 44.2 Å². The summed E-state index contributed by atoms with van der Waals surface area (Å²) in [5, 5.41) is 8.53. The Kier molecular flexibility index (Phi) is 8.19. The molecule has 1 aromatic carbocycles. The summed E-state index contributed by atoms with van der Waals surface area (Å²) in [6, 6.07) is 7.82. The van der Waals surface area contributed by atoms with Crippen LogP contribution < -0.4 is 0 Å². The van der Waals surface area contributed by atoms with Gasteiger partial charge in [-0.3, -0.25) is 0 Å². The Bertz CT molecular complexity index is 738. The van der Waals surface area contributed by atoms with Gasteiger partial charge in [-0.15, -0.1) is 0 Å². The number of halogens is 3. The lowest BCUT2D eigenvalue weighted by Crippen LogP contribution is -2.14. The lowest BCUT2D eigenvalue weighted by atomic mass is 9.77. The van der Waals surface area contributed by atoms with Gasteiger partial charge in [-0.2, -0.15) is 18.4 Å². The molecule has 162 valence electrons. The number of nitriles is 1. The molecule has 30 heavy (non-hydrogen) atoms. The maximum absolute atomic E-state index is 12.7. The average molecular weight is 416 g/mol. The van der Waals surface area contributed by atoms with Crippen molar-refractivity contribution in [2.45, 2.75) is 76.3 Å². The van der Waals surface area contributed by atoms with Crippen LogP contribution in [0.5, 0.6) is 0 Å². The van der Waals surface area contributed by atoms with E-state index in [2.05, 4.69) is 12.2 Å². The molecule has 0 saturated heterocycles. The Hall–Kier alpha value is -2.02. The van der Waals surface area contributed by atoms with Gasteiger partial charge in [-0.25, -0.2) is 0 Å². The second-order valence-electron chi connectivity index (χ2n) is 9.01. The van der Waals surface area contributed by atoms with Crippen LogP contribution in [-0.2, 0) is 6.18 Å². The second-order valence-corrected chi connectivity index (χ2v) is 9.01. The number of hydrogen-bond donors (Lipinski definition) is 0. The van der Waals surface area contributed by atoms with Gasteiger partial charge in [0.1, 0.15) is 0 Å². The van der Waals surface area contributed by atoms with Crippen molar-refractivity contribution in [2.75, 3.05) is 0 Å². The summed E-state index contributed by atoms with van der Waals surface area (Å²) in [6.07, 6.45) is 15.9. The van der Waals surface area contributed by atoms with Crippen LogP contribution in [0.2, 0.25) is 0 Å². The molecule has 4 heteroatoms. The third kappa shape index (κ3) is 6.76. The van der Waals surface area contributed by atoms with Gasteiger partial charge in [0, 0.05) is 6.08 Å². The molecular formula is C26H32F3N. The first-order chi connectivity index (χ1) is 14.5. The van der Waals surface area contributed by atoms with Crippen molar-refractivity contribution < 1.29 is 13.2 Å². The van der Waals surface area contributed by atoms with E-state index in [0.29, 0.717) is 17.8 Å². The maximum Gasteiger partial charge on any atom is 0.416 e. The van der Waals surface area contributed by atoms with Gasteiger partial charge in [0.25, 0.3) is 0 Å². The Balaban J connectivity index is 1.38. The van der Waals surface area contributed by atoms with Crippen LogP contribution in [-0.4, -0.2) is 0 Å². The molecule has 2 aliphatic carbocycles. The van der Waals surface area contributed by atoms with Crippen molar-refractivity contribution >= 4 is 0 Å². The highest BCUT2D eigenvalue weighted by Gasteiger charge is 2.30. The Morgan fingerprint density at radius 3 is 1.97 bits per heavy atom. The van der Waals surface area contributed by atoms with E-state index in [0.717, 1.165) is 43.6 Å². The minimum Gasteiger partial charge on any atom is -0.193 e. The van der Waals surface area contributed by atoms with E-state index in [9.17, 15) is 13.2 Å². The first-order valence-electron chi connectivity index (χ1n) is 11.4. The predicted molar refractivity (Wildman–Crippen MR) is 115 cm³/mol. The van der Waals surface area contributed by atoms with Crippen LogP contribution in [0.25, 0.3) is 0 Å². The molecule has 2 fully saturated rings. The van der Waals surface area contributed by atoms with Gasteiger partial charge in [-0.05, 0) is 106 Å². The summed E-state index contributed by atoms with van der Waals surface area (Å²) in [5.41, 5.74) is 0.490. The van der Waals surface area contributed by atoms with E-state index in [4.69, 9.17) is 5.26 Å². The van der Waals surface area contributed by atoms with E-state index in [1.807, 2.05) is 12.1 Å². The van der Waals surface area contributed by atoms with Crippen LogP contribution in [0.1, 0.15) is 81.3 Å². The van der Waals surface area contributed by atoms with Crippen LogP contribution >= 0.6 is 0 Å². The van der Waals surface area contributed by atoms with Crippen LogP contribution in [0, 0.1) is 29.1 Å². The van der Waals surface area contributed by atoms with Gasteiger partial charge in [0.15, 0.2) is 0 Å². The van der Waals surface area contributed by atoms with Gasteiger partial charge >= 0.3 is 6.18 Å². The summed E-state index contributed by atoms with van der Waals surface area (Å²) in [5.74, 6) is 2.51. The molecule has 0 atom stereocenters. The Morgan fingerprint density at radius 1 is 0.867 bits per heavy atom. The Labute approximate surface area is 178 Å². The van der Waals surface area contributed by atoms with Gasteiger partial charge < -0.3 is 0 Å². The standard InChI is InChI=1S/C26H32F3N/c27-26(28,29)25-17-15-24(16-18-25)23-13-11-22(12-14-23)10-9-21-7-5-20(6-8-21)4-2-1-3-19-30/h1,3,9-10,15-18,20-23H,2,4-8,11-14H2/b3-1?,10-9+/t20-,21-,22-,23-. The molecule has 0 unspecified atom stereocenters.